The number of piperidine rings is 1. The fourth-order valence-corrected chi connectivity index (χ4v) is 3.73. The van der Waals surface area contributed by atoms with Crippen molar-refractivity contribution in [3.63, 3.8) is 0 Å². The highest BCUT2D eigenvalue weighted by molar-refractivity contribution is 5.81. The zero-order valence-electron chi connectivity index (χ0n) is 16.5. The van der Waals surface area contributed by atoms with Gasteiger partial charge in [0.25, 0.3) is 0 Å². The Bertz CT molecular complexity index is 565. The van der Waals surface area contributed by atoms with Crippen molar-refractivity contribution in [1.82, 2.24) is 9.80 Å². The van der Waals surface area contributed by atoms with Crippen LogP contribution in [0.1, 0.15) is 39.2 Å². The van der Waals surface area contributed by atoms with E-state index in [0.29, 0.717) is 5.92 Å². The maximum Gasteiger partial charge on any atom is 0.227 e. The van der Waals surface area contributed by atoms with Crippen LogP contribution in [0.3, 0.4) is 0 Å². The lowest BCUT2D eigenvalue weighted by Gasteiger charge is -2.36. The van der Waals surface area contributed by atoms with Crippen LogP contribution in [0, 0.1) is 11.3 Å². The molecule has 0 radical (unpaired) electrons. The summed E-state index contributed by atoms with van der Waals surface area (Å²) < 4.78 is 5.45. The third-order valence-corrected chi connectivity index (χ3v) is 5.01. The Balaban J connectivity index is 1.85. The van der Waals surface area contributed by atoms with Crippen molar-refractivity contribution in [2.45, 2.75) is 40.0 Å². The molecule has 1 aromatic carbocycles. The van der Waals surface area contributed by atoms with Gasteiger partial charge in [-0.15, -0.1) is 0 Å². The van der Waals surface area contributed by atoms with Crippen molar-refractivity contribution in [1.29, 1.82) is 0 Å². The minimum absolute atomic E-state index is 0.235. The maximum atomic E-state index is 12.4. The standard InChI is InChI=1S/C21H34N2O2/c1-21(2,3)20(24)22(4)15-17-9-8-13-23(16-17)14-12-18-10-6-7-11-19(18)25-5/h6-7,10-11,17H,8-9,12-16H2,1-5H3. The number of carbonyl (C=O) groups excluding carboxylic acids is 1. The van der Waals surface area contributed by atoms with Crippen LogP contribution in [-0.4, -0.2) is 56.0 Å². The SMILES string of the molecule is COc1ccccc1CCN1CCCC(CN(C)C(=O)C(C)(C)C)C1. The second-order valence-corrected chi connectivity index (χ2v) is 8.31. The molecular formula is C21H34N2O2. The average molecular weight is 347 g/mol. The molecule has 0 N–H and O–H groups in total. The van der Waals surface area contributed by atoms with E-state index in [-0.39, 0.29) is 11.3 Å². The lowest BCUT2D eigenvalue weighted by atomic mass is 9.92. The van der Waals surface area contributed by atoms with Crippen LogP contribution in [0.25, 0.3) is 0 Å². The minimum atomic E-state index is -0.299. The van der Waals surface area contributed by atoms with E-state index >= 15 is 0 Å². The fraction of sp³-hybridized carbons (Fsp3) is 0.667. The molecule has 0 bridgehead atoms. The number of hydrogen-bond acceptors (Lipinski definition) is 3. The third-order valence-electron chi connectivity index (χ3n) is 5.01. The molecule has 0 aromatic heterocycles. The predicted octanol–water partition coefficient (Wildman–Crippen LogP) is 3.45. The summed E-state index contributed by atoms with van der Waals surface area (Å²) in [5.41, 5.74) is 0.972. The molecule has 0 saturated carbocycles. The van der Waals surface area contributed by atoms with E-state index in [1.165, 1.54) is 18.4 Å². The van der Waals surface area contributed by atoms with Crippen LogP contribution < -0.4 is 4.74 Å². The van der Waals surface area contributed by atoms with Gasteiger partial charge in [-0.05, 0) is 43.4 Å². The summed E-state index contributed by atoms with van der Waals surface area (Å²) in [6.07, 6.45) is 3.44. The molecule has 1 unspecified atom stereocenters. The number of hydrogen-bond donors (Lipinski definition) is 0. The van der Waals surface area contributed by atoms with Gasteiger partial charge in [0.05, 0.1) is 7.11 Å². The monoisotopic (exact) mass is 346 g/mol. The molecule has 1 amide bonds. The highest BCUT2D eigenvalue weighted by atomic mass is 16.5. The molecule has 1 atom stereocenters. The molecule has 25 heavy (non-hydrogen) atoms. The minimum Gasteiger partial charge on any atom is -0.496 e. The number of amides is 1. The van der Waals surface area contributed by atoms with Crippen LogP contribution in [0.5, 0.6) is 5.75 Å². The molecule has 4 heteroatoms. The molecule has 2 rings (SSSR count). The first-order chi connectivity index (χ1) is 11.8. The zero-order valence-corrected chi connectivity index (χ0v) is 16.5. The van der Waals surface area contributed by atoms with E-state index in [1.807, 2.05) is 44.9 Å². The molecule has 4 nitrogen and oxygen atoms in total. The Morgan fingerprint density at radius 3 is 2.72 bits per heavy atom. The second-order valence-electron chi connectivity index (χ2n) is 8.31. The van der Waals surface area contributed by atoms with E-state index < -0.39 is 0 Å². The van der Waals surface area contributed by atoms with Gasteiger partial charge < -0.3 is 14.5 Å². The number of para-hydroxylation sites is 1. The maximum absolute atomic E-state index is 12.4. The van der Waals surface area contributed by atoms with E-state index in [9.17, 15) is 4.79 Å². The molecule has 1 aromatic rings. The molecule has 1 heterocycles. The van der Waals surface area contributed by atoms with Gasteiger partial charge in [-0.25, -0.2) is 0 Å². The lowest BCUT2D eigenvalue weighted by Crippen LogP contribution is -2.44. The Labute approximate surface area is 153 Å². The predicted molar refractivity (Wildman–Crippen MR) is 103 cm³/mol. The van der Waals surface area contributed by atoms with Crippen molar-refractivity contribution in [2.75, 3.05) is 40.3 Å². The summed E-state index contributed by atoms with van der Waals surface area (Å²) in [5, 5.41) is 0. The van der Waals surface area contributed by atoms with Crippen molar-refractivity contribution in [2.24, 2.45) is 11.3 Å². The number of ether oxygens (including phenoxy) is 1. The van der Waals surface area contributed by atoms with Crippen molar-refractivity contribution < 1.29 is 9.53 Å². The van der Waals surface area contributed by atoms with Gasteiger partial charge in [0.15, 0.2) is 0 Å². The van der Waals surface area contributed by atoms with Gasteiger partial charge in [0.1, 0.15) is 5.75 Å². The normalized spacial score (nSPS) is 18.8. The topological polar surface area (TPSA) is 32.8 Å². The Hall–Kier alpha value is -1.55. The number of benzene rings is 1. The van der Waals surface area contributed by atoms with E-state index in [1.54, 1.807) is 7.11 Å². The Kier molecular flexibility index (Phi) is 6.88. The van der Waals surface area contributed by atoms with Gasteiger partial charge >= 0.3 is 0 Å². The molecule has 0 spiro atoms. The molecule has 1 aliphatic heterocycles. The molecule has 140 valence electrons. The number of carbonyl (C=O) groups is 1. The van der Waals surface area contributed by atoms with Gasteiger partial charge in [0, 0.05) is 32.1 Å². The van der Waals surface area contributed by atoms with Crippen LogP contribution in [0.15, 0.2) is 24.3 Å². The number of methoxy groups -OCH3 is 1. The molecule has 1 saturated heterocycles. The lowest BCUT2D eigenvalue weighted by molar-refractivity contribution is -0.138. The van der Waals surface area contributed by atoms with Crippen LogP contribution >= 0.6 is 0 Å². The second kappa shape index (κ2) is 8.70. The van der Waals surface area contributed by atoms with Crippen LogP contribution in [0.4, 0.5) is 0 Å². The van der Waals surface area contributed by atoms with Crippen LogP contribution in [0.2, 0.25) is 0 Å². The first-order valence-corrected chi connectivity index (χ1v) is 9.41. The summed E-state index contributed by atoms with van der Waals surface area (Å²) >= 11 is 0. The van der Waals surface area contributed by atoms with E-state index in [2.05, 4.69) is 17.0 Å². The zero-order chi connectivity index (χ0) is 18.4. The van der Waals surface area contributed by atoms with Gasteiger partial charge in [-0.1, -0.05) is 39.0 Å². The summed E-state index contributed by atoms with van der Waals surface area (Å²) in [5.74, 6) is 1.79. The number of rotatable bonds is 6. The summed E-state index contributed by atoms with van der Waals surface area (Å²) in [7, 11) is 3.68. The molecule has 0 aliphatic carbocycles. The quantitative estimate of drug-likeness (QED) is 0.791. The number of likely N-dealkylation sites (tertiary alicyclic amines) is 1. The highest BCUT2D eigenvalue weighted by Gasteiger charge is 2.28. The molecule has 1 aliphatic rings. The first-order valence-electron chi connectivity index (χ1n) is 9.41. The first kappa shape index (κ1) is 19.8. The Morgan fingerprint density at radius 2 is 2.04 bits per heavy atom. The summed E-state index contributed by atoms with van der Waals surface area (Å²) in [4.78, 5) is 16.9. The van der Waals surface area contributed by atoms with Gasteiger partial charge in [0.2, 0.25) is 5.91 Å². The van der Waals surface area contributed by atoms with Gasteiger partial charge in [-0.3, -0.25) is 4.79 Å². The smallest absolute Gasteiger partial charge is 0.227 e. The fourth-order valence-electron chi connectivity index (χ4n) is 3.73. The molecule has 1 fully saturated rings. The Morgan fingerprint density at radius 1 is 1.32 bits per heavy atom. The van der Waals surface area contributed by atoms with Crippen molar-refractivity contribution >= 4 is 5.91 Å². The number of nitrogens with zero attached hydrogens (tertiary/aromatic N) is 2. The van der Waals surface area contributed by atoms with Crippen LogP contribution in [-0.2, 0) is 11.2 Å². The highest BCUT2D eigenvalue weighted by Crippen LogP contribution is 2.23. The van der Waals surface area contributed by atoms with Crippen molar-refractivity contribution in [3.8, 4) is 5.75 Å². The molecular weight excluding hydrogens is 312 g/mol. The van der Waals surface area contributed by atoms with Gasteiger partial charge in [-0.2, -0.15) is 0 Å². The third kappa shape index (κ3) is 5.74. The van der Waals surface area contributed by atoms with E-state index in [4.69, 9.17) is 4.74 Å². The van der Waals surface area contributed by atoms with E-state index in [0.717, 1.165) is 38.3 Å². The average Bonchev–Trinajstić information content (AvgIpc) is 2.59. The largest absolute Gasteiger partial charge is 0.496 e. The summed E-state index contributed by atoms with van der Waals surface area (Å²) in [6, 6.07) is 8.27. The summed E-state index contributed by atoms with van der Waals surface area (Å²) in [6.45, 7) is 10.1. The van der Waals surface area contributed by atoms with Crippen molar-refractivity contribution in [3.05, 3.63) is 29.8 Å².